The molecule has 4 nitrogen and oxygen atoms in total. The number of nitrogens with zero attached hydrogens (tertiary/aromatic N) is 2. The van der Waals surface area contributed by atoms with E-state index in [1.807, 2.05) is 0 Å². The number of amides is 1. The van der Waals surface area contributed by atoms with Gasteiger partial charge in [-0.2, -0.15) is 0 Å². The highest BCUT2D eigenvalue weighted by Gasteiger charge is 2.37. The van der Waals surface area contributed by atoms with E-state index in [0.717, 1.165) is 48.0 Å². The molecule has 1 rings (SSSR count). The second-order valence-electron chi connectivity index (χ2n) is 12.4. The maximum Gasteiger partial charge on any atom is 0.225 e. The molecule has 0 heterocycles. The highest BCUT2D eigenvalue weighted by Crippen LogP contribution is 2.28. The van der Waals surface area contributed by atoms with Crippen molar-refractivity contribution in [2.45, 2.75) is 92.2 Å². The molecule has 0 atom stereocenters. The number of quaternary nitrogens is 2. The zero-order valence-electron chi connectivity index (χ0n) is 23.7. The topological polar surface area (TPSA) is 29.1 Å². The Balaban J connectivity index is 2.43. The minimum Gasteiger partial charge on any atom is -0.356 e. The van der Waals surface area contributed by atoms with Gasteiger partial charge in [0.2, 0.25) is 5.91 Å². The van der Waals surface area contributed by atoms with E-state index in [-0.39, 0.29) is 5.91 Å². The summed E-state index contributed by atoms with van der Waals surface area (Å²) in [4.78, 5) is 12.5. The van der Waals surface area contributed by atoms with Gasteiger partial charge in [0.25, 0.3) is 0 Å². The summed E-state index contributed by atoms with van der Waals surface area (Å²) in [6, 6.07) is 9.09. The van der Waals surface area contributed by atoms with Gasteiger partial charge < -0.3 is 14.3 Å². The summed E-state index contributed by atoms with van der Waals surface area (Å²) < 4.78 is 1.83. The Morgan fingerprint density at radius 3 is 1.91 bits per heavy atom. The van der Waals surface area contributed by atoms with Crippen molar-refractivity contribution in [3.8, 4) is 0 Å². The van der Waals surface area contributed by atoms with Gasteiger partial charge in [-0.3, -0.25) is 4.79 Å². The number of rotatable bonds is 15. The van der Waals surface area contributed by atoms with Crippen molar-refractivity contribution in [2.75, 3.05) is 47.8 Å². The van der Waals surface area contributed by atoms with Crippen LogP contribution in [-0.4, -0.2) is 68.2 Å². The van der Waals surface area contributed by atoms with E-state index in [4.69, 9.17) is 0 Å². The number of carbonyl (C=O) groups excluding carboxylic acids is 1. The normalized spacial score (nSPS) is 13.3. The molecular formula is C29H55N3O+2. The first-order chi connectivity index (χ1) is 15.2. The fourth-order valence-electron chi connectivity index (χ4n) is 4.58. The van der Waals surface area contributed by atoms with Crippen molar-refractivity contribution in [1.29, 1.82) is 0 Å². The summed E-state index contributed by atoms with van der Waals surface area (Å²) in [5.74, 6) is 0.178. The summed E-state index contributed by atoms with van der Waals surface area (Å²) in [7, 11) is 9.09. The summed E-state index contributed by atoms with van der Waals surface area (Å²) in [6.07, 6.45) is 6.26. The Kier molecular flexibility index (Phi) is 11.1. The third kappa shape index (κ3) is 9.78. The van der Waals surface area contributed by atoms with Crippen LogP contribution in [0.15, 0.2) is 24.3 Å². The third-order valence-electron chi connectivity index (χ3n) is 8.42. The zero-order valence-corrected chi connectivity index (χ0v) is 23.7. The van der Waals surface area contributed by atoms with Crippen molar-refractivity contribution >= 4 is 5.91 Å². The van der Waals surface area contributed by atoms with E-state index >= 15 is 0 Å². The Labute approximate surface area is 205 Å². The molecule has 0 spiro atoms. The Morgan fingerprint density at radius 1 is 0.848 bits per heavy atom. The molecule has 0 aliphatic heterocycles. The minimum atomic E-state index is 0.178. The molecule has 1 N–H and O–H groups in total. The van der Waals surface area contributed by atoms with Crippen molar-refractivity contribution in [3.05, 3.63) is 35.4 Å². The molecule has 1 aromatic carbocycles. The van der Waals surface area contributed by atoms with Crippen LogP contribution < -0.4 is 5.32 Å². The van der Waals surface area contributed by atoms with Crippen LogP contribution in [0.25, 0.3) is 0 Å². The van der Waals surface area contributed by atoms with Crippen molar-refractivity contribution in [3.63, 3.8) is 0 Å². The van der Waals surface area contributed by atoms with Gasteiger partial charge in [-0.15, -0.1) is 0 Å². The quantitative estimate of drug-likeness (QED) is 0.260. The third-order valence-corrected chi connectivity index (χ3v) is 8.42. The lowest BCUT2D eigenvalue weighted by Gasteiger charge is -2.46. The molecule has 1 amide bonds. The van der Waals surface area contributed by atoms with Crippen LogP contribution >= 0.6 is 0 Å². The lowest BCUT2D eigenvalue weighted by atomic mass is 9.83. The molecule has 1 aromatic rings. The predicted octanol–water partition coefficient (Wildman–Crippen LogP) is 5.79. The number of hydrogen-bond acceptors (Lipinski definition) is 1. The van der Waals surface area contributed by atoms with Crippen LogP contribution in [0, 0.1) is 5.41 Å². The first-order valence-corrected chi connectivity index (χ1v) is 13.2. The Hall–Kier alpha value is -1.39. The van der Waals surface area contributed by atoms with Crippen LogP contribution in [0.2, 0.25) is 0 Å². The van der Waals surface area contributed by atoms with Crippen LogP contribution in [0.5, 0.6) is 0 Å². The van der Waals surface area contributed by atoms with Crippen LogP contribution in [-0.2, 0) is 17.8 Å². The van der Waals surface area contributed by atoms with Crippen molar-refractivity contribution in [1.82, 2.24) is 5.32 Å². The zero-order chi connectivity index (χ0) is 25.3. The van der Waals surface area contributed by atoms with E-state index in [1.165, 1.54) is 30.4 Å². The van der Waals surface area contributed by atoms with E-state index < -0.39 is 0 Å². The largest absolute Gasteiger partial charge is 0.356 e. The molecule has 0 radical (unpaired) electrons. The first kappa shape index (κ1) is 29.6. The molecule has 0 aliphatic rings. The average molecular weight is 462 g/mol. The molecule has 4 heteroatoms. The monoisotopic (exact) mass is 461 g/mol. The average Bonchev–Trinajstić information content (AvgIpc) is 2.75. The van der Waals surface area contributed by atoms with E-state index in [1.54, 1.807) is 0 Å². The van der Waals surface area contributed by atoms with Gasteiger partial charge in [0, 0.05) is 18.5 Å². The van der Waals surface area contributed by atoms with Gasteiger partial charge in [-0.1, -0.05) is 65.3 Å². The van der Waals surface area contributed by atoms with Gasteiger partial charge in [0.05, 0.1) is 53.2 Å². The van der Waals surface area contributed by atoms with Crippen LogP contribution in [0.4, 0.5) is 0 Å². The summed E-state index contributed by atoms with van der Waals surface area (Å²) in [5, 5.41) is 3.15. The molecule has 0 aromatic heterocycles. The molecule has 0 bridgehead atoms. The maximum absolute atomic E-state index is 12.5. The maximum atomic E-state index is 12.5. The van der Waals surface area contributed by atoms with E-state index in [2.05, 4.69) is 99.3 Å². The van der Waals surface area contributed by atoms with Gasteiger partial charge in [-0.25, -0.2) is 0 Å². The van der Waals surface area contributed by atoms with Gasteiger partial charge in [0.1, 0.15) is 6.54 Å². The highest BCUT2D eigenvalue weighted by molar-refractivity contribution is 5.75. The van der Waals surface area contributed by atoms with Crippen molar-refractivity contribution in [2.24, 2.45) is 5.41 Å². The second-order valence-corrected chi connectivity index (χ2v) is 12.4. The van der Waals surface area contributed by atoms with Crippen molar-refractivity contribution < 1.29 is 13.8 Å². The lowest BCUT2D eigenvalue weighted by molar-refractivity contribution is -0.940. The highest BCUT2D eigenvalue weighted by atomic mass is 16.1. The number of hydrogen-bond donors (Lipinski definition) is 1. The Morgan fingerprint density at radius 2 is 1.39 bits per heavy atom. The molecular weight excluding hydrogens is 406 g/mol. The summed E-state index contributed by atoms with van der Waals surface area (Å²) in [6.45, 7) is 17.5. The molecule has 190 valence electrons. The fourth-order valence-corrected chi connectivity index (χ4v) is 4.58. The number of nitrogens with one attached hydrogen (secondary N) is 1. The number of carbonyl (C=O) groups is 1. The van der Waals surface area contributed by atoms with Crippen LogP contribution in [0.3, 0.4) is 0 Å². The number of benzene rings is 1. The van der Waals surface area contributed by atoms with Gasteiger partial charge in [-0.05, 0) is 37.2 Å². The molecule has 0 saturated heterocycles. The summed E-state index contributed by atoms with van der Waals surface area (Å²) in [5.41, 5.74) is 3.41. The smallest absolute Gasteiger partial charge is 0.225 e. The second kappa shape index (κ2) is 12.4. The minimum absolute atomic E-state index is 0.178. The molecule has 0 unspecified atom stereocenters. The molecule has 0 aliphatic carbocycles. The predicted molar refractivity (Wildman–Crippen MR) is 143 cm³/mol. The lowest BCUT2D eigenvalue weighted by Crippen LogP contribution is -2.58. The standard InChI is InChI=1S/C29H54N3O/c1-11-28(4,5)23-25-15-17-26(18-16-25)24-31(7,8)22-19-27(33)30-20-14-21-32(9,10)29(6,12-2)13-3/h15-18H,11-14,19-24H2,1-10H3/q+1/p+1. The molecule has 33 heavy (non-hydrogen) atoms. The fraction of sp³-hybridized carbons (Fsp3) is 0.759. The van der Waals surface area contributed by atoms with E-state index in [9.17, 15) is 4.79 Å². The molecule has 0 saturated carbocycles. The van der Waals surface area contributed by atoms with Gasteiger partial charge in [0.15, 0.2) is 0 Å². The SMILES string of the molecule is CCC(C)(C)Cc1ccc(C[N+](C)(C)CCC(=O)NCCC[N+](C)(C)C(C)(CC)CC)cc1. The summed E-state index contributed by atoms with van der Waals surface area (Å²) >= 11 is 0. The van der Waals surface area contributed by atoms with E-state index in [0.29, 0.717) is 17.4 Å². The molecule has 0 fully saturated rings. The van der Waals surface area contributed by atoms with Gasteiger partial charge >= 0.3 is 0 Å². The first-order valence-electron chi connectivity index (χ1n) is 13.2. The Bertz CT molecular complexity index is 715. The van der Waals surface area contributed by atoms with Crippen LogP contribution in [0.1, 0.15) is 84.8 Å².